The Morgan fingerprint density at radius 1 is 0.702 bits per heavy atom. The predicted molar refractivity (Wildman–Crippen MR) is 186 cm³/mol. The molecular formula is C37H31N5O4S. The minimum Gasteiger partial charge on any atom is -0.326 e. The van der Waals surface area contributed by atoms with E-state index in [1.54, 1.807) is 103 Å². The zero-order chi connectivity index (χ0) is 33.0. The van der Waals surface area contributed by atoms with Gasteiger partial charge in [0.25, 0.3) is 11.8 Å². The number of carbonyl (C=O) groups excluding carboxylic acids is 4. The topological polar surface area (TPSA) is 129 Å². The first kappa shape index (κ1) is 32.4. The van der Waals surface area contributed by atoms with Crippen LogP contribution in [0.25, 0.3) is 6.08 Å². The number of hydrogen-bond acceptors (Lipinski definition) is 6. The third-order valence-electron chi connectivity index (χ3n) is 6.68. The van der Waals surface area contributed by atoms with Crippen LogP contribution in [0, 0.1) is 0 Å². The summed E-state index contributed by atoms with van der Waals surface area (Å²) in [6.07, 6.45) is 4.77. The molecule has 4 aromatic carbocycles. The van der Waals surface area contributed by atoms with Crippen LogP contribution in [0.15, 0.2) is 144 Å². The standard InChI is InChI=1S/C37H31N5O4S/c1-25(43)39-29-17-19-30(20-18-29)40-37(46)34(27-11-4-2-5-12-27)47-32-16-8-15-31(23-32)41-36(45)33(22-26-10-9-21-38-24-26)42-35(44)28-13-6-3-7-14-28/h2-24,34H,1H3,(H,39,43)(H,40,46)(H,41,45)(H,42,44)/b33-22-. The normalized spacial score (nSPS) is 11.6. The van der Waals surface area contributed by atoms with Gasteiger partial charge in [0.1, 0.15) is 10.9 Å². The van der Waals surface area contributed by atoms with Gasteiger partial charge in [-0.3, -0.25) is 24.2 Å². The van der Waals surface area contributed by atoms with Gasteiger partial charge in [-0.15, -0.1) is 11.8 Å². The number of thioether (sulfide) groups is 1. The number of aromatic nitrogens is 1. The highest BCUT2D eigenvalue weighted by Crippen LogP contribution is 2.37. The summed E-state index contributed by atoms with van der Waals surface area (Å²) in [4.78, 5) is 56.3. The van der Waals surface area contributed by atoms with Crippen molar-refractivity contribution in [2.24, 2.45) is 0 Å². The highest BCUT2D eigenvalue weighted by molar-refractivity contribution is 8.00. The molecule has 0 spiro atoms. The number of rotatable bonds is 11. The van der Waals surface area contributed by atoms with Crippen molar-refractivity contribution in [3.05, 3.63) is 156 Å². The molecule has 1 aromatic heterocycles. The second-order valence-corrected chi connectivity index (χ2v) is 11.5. The first-order valence-corrected chi connectivity index (χ1v) is 15.5. The van der Waals surface area contributed by atoms with E-state index in [4.69, 9.17) is 0 Å². The Balaban J connectivity index is 1.34. The number of anilines is 3. The molecule has 0 fully saturated rings. The molecule has 0 aliphatic heterocycles. The first-order valence-electron chi connectivity index (χ1n) is 14.6. The van der Waals surface area contributed by atoms with Crippen LogP contribution in [-0.4, -0.2) is 28.6 Å². The lowest BCUT2D eigenvalue weighted by atomic mass is 10.1. The lowest BCUT2D eigenvalue weighted by Gasteiger charge is -2.18. The lowest BCUT2D eigenvalue weighted by Crippen LogP contribution is -2.30. The van der Waals surface area contributed by atoms with Crippen LogP contribution in [0.3, 0.4) is 0 Å². The average Bonchev–Trinajstić information content (AvgIpc) is 3.09. The van der Waals surface area contributed by atoms with Crippen LogP contribution in [0.5, 0.6) is 0 Å². The van der Waals surface area contributed by atoms with Gasteiger partial charge in [-0.05, 0) is 77.9 Å². The Hall–Kier alpha value is -6.00. The Bertz CT molecular complexity index is 1880. The van der Waals surface area contributed by atoms with Crippen molar-refractivity contribution in [1.29, 1.82) is 0 Å². The summed E-state index contributed by atoms with van der Waals surface area (Å²) in [6.45, 7) is 1.43. The largest absolute Gasteiger partial charge is 0.326 e. The number of nitrogens with zero attached hydrogens (tertiary/aromatic N) is 1. The van der Waals surface area contributed by atoms with E-state index >= 15 is 0 Å². The SMILES string of the molecule is CC(=O)Nc1ccc(NC(=O)C(Sc2cccc(NC(=O)/C(=C/c3cccnc3)NC(=O)c3ccccc3)c2)c2ccccc2)cc1. The summed E-state index contributed by atoms with van der Waals surface area (Å²) in [6, 6.07) is 35.5. The van der Waals surface area contributed by atoms with Gasteiger partial charge in [0.2, 0.25) is 11.8 Å². The number of carbonyl (C=O) groups is 4. The molecule has 4 amide bonds. The minimum atomic E-state index is -0.622. The van der Waals surface area contributed by atoms with Gasteiger partial charge in [-0.2, -0.15) is 0 Å². The molecule has 0 bridgehead atoms. The molecule has 47 heavy (non-hydrogen) atoms. The van der Waals surface area contributed by atoms with E-state index in [1.165, 1.54) is 18.7 Å². The second-order valence-electron chi connectivity index (χ2n) is 10.3. The first-order chi connectivity index (χ1) is 22.8. The van der Waals surface area contributed by atoms with Gasteiger partial charge in [-0.25, -0.2) is 0 Å². The highest BCUT2D eigenvalue weighted by atomic mass is 32.2. The maximum Gasteiger partial charge on any atom is 0.272 e. The van der Waals surface area contributed by atoms with E-state index in [0.717, 1.165) is 10.5 Å². The van der Waals surface area contributed by atoms with Gasteiger partial charge >= 0.3 is 0 Å². The molecule has 1 atom stereocenters. The average molecular weight is 642 g/mol. The zero-order valence-electron chi connectivity index (χ0n) is 25.3. The Morgan fingerprint density at radius 2 is 1.38 bits per heavy atom. The van der Waals surface area contributed by atoms with Gasteiger partial charge < -0.3 is 21.3 Å². The van der Waals surface area contributed by atoms with Crippen molar-refractivity contribution in [3.63, 3.8) is 0 Å². The molecule has 234 valence electrons. The summed E-state index contributed by atoms with van der Waals surface area (Å²) < 4.78 is 0. The lowest BCUT2D eigenvalue weighted by molar-refractivity contribution is -0.116. The van der Waals surface area contributed by atoms with Gasteiger partial charge in [0, 0.05) is 46.8 Å². The van der Waals surface area contributed by atoms with E-state index in [-0.39, 0.29) is 17.5 Å². The van der Waals surface area contributed by atoms with Crippen LogP contribution in [-0.2, 0) is 14.4 Å². The molecule has 4 N–H and O–H groups in total. The summed E-state index contributed by atoms with van der Waals surface area (Å²) in [5.41, 5.74) is 3.56. The Kier molecular flexibility index (Phi) is 10.9. The van der Waals surface area contributed by atoms with E-state index in [2.05, 4.69) is 26.3 Å². The Labute approximate surface area is 276 Å². The molecule has 5 aromatic rings. The fourth-order valence-electron chi connectivity index (χ4n) is 4.50. The quantitative estimate of drug-likeness (QED) is 0.0915. The number of nitrogens with one attached hydrogen (secondary N) is 4. The molecule has 1 unspecified atom stereocenters. The van der Waals surface area contributed by atoms with E-state index in [9.17, 15) is 19.2 Å². The summed E-state index contributed by atoms with van der Waals surface area (Å²) >= 11 is 1.33. The molecule has 5 rings (SSSR count). The summed E-state index contributed by atoms with van der Waals surface area (Å²) in [5.74, 6) is -1.38. The van der Waals surface area contributed by atoms with Crippen LogP contribution in [0.4, 0.5) is 17.1 Å². The number of pyridine rings is 1. The predicted octanol–water partition coefficient (Wildman–Crippen LogP) is 6.92. The molecule has 0 saturated heterocycles. The van der Waals surface area contributed by atoms with Gasteiger partial charge in [-0.1, -0.05) is 60.7 Å². The Morgan fingerprint density at radius 3 is 2.04 bits per heavy atom. The summed E-state index contributed by atoms with van der Waals surface area (Å²) in [5, 5.41) is 10.6. The minimum absolute atomic E-state index is 0.0379. The molecule has 0 aliphatic carbocycles. The van der Waals surface area contributed by atoms with Crippen LogP contribution >= 0.6 is 11.8 Å². The molecule has 0 radical (unpaired) electrons. The monoisotopic (exact) mass is 641 g/mol. The number of amides is 4. The third-order valence-corrected chi connectivity index (χ3v) is 7.93. The third kappa shape index (κ3) is 9.49. The van der Waals surface area contributed by atoms with Crippen molar-refractivity contribution < 1.29 is 19.2 Å². The van der Waals surface area contributed by atoms with Crippen LogP contribution in [0.1, 0.15) is 33.7 Å². The molecule has 0 aliphatic rings. The van der Waals surface area contributed by atoms with Crippen LogP contribution < -0.4 is 21.3 Å². The highest BCUT2D eigenvalue weighted by Gasteiger charge is 2.23. The zero-order valence-corrected chi connectivity index (χ0v) is 26.2. The van der Waals surface area contributed by atoms with Crippen LogP contribution in [0.2, 0.25) is 0 Å². The molecule has 9 nitrogen and oxygen atoms in total. The molecule has 1 heterocycles. The van der Waals surface area contributed by atoms with Crippen molar-refractivity contribution in [1.82, 2.24) is 10.3 Å². The van der Waals surface area contributed by atoms with Gasteiger partial charge in [0.05, 0.1) is 0 Å². The van der Waals surface area contributed by atoms with E-state index < -0.39 is 17.1 Å². The molecule has 0 saturated carbocycles. The van der Waals surface area contributed by atoms with E-state index in [0.29, 0.717) is 28.2 Å². The number of benzene rings is 4. The fourth-order valence-corrected chi connectivity index (χ4v) is 5.58. The van der Waals surface area contributed by atoms with Crippen molar-refractivity contribution in [2.45, 2.75) is 17.1 Å². The van der Waals surface area contributed by atoms with Gasteiger partial charge in [0.15, 0.2) is 0 Å². The van der Waals surface area contributed by atoms with E-state index in [1.807, 2.05) is 36.4 Å². The van der Waals surface area contributed by atoms with Crippen molar-refractivity contribution >= 4 is 58.5 Å². The smallest absolute Gasteiger partial charge is 0.272 e. The molecule has 10 heteroatoms. The second kappa shape index (κ2) is 15.8. The summed E-state index contributed by atoms with van der Waals surface area (Å²) in [7, 11) is 0. The van der Waals surface area contributed by atoms with Crippen molar-refractivity contribution in [2.75, 3.05) is 16.0 Å². The maximum absolute atomic E-state index is 13.6. The molecular weight excluding hydrogens is 611 g/mol. The maximum atomic E-state index is 13.6. The number of hydrogen-bond donors (Lipinski definition) is 4. The van der Waals surface area contributed by atoms with Crippen molar-refractivity contribution in [3.8, 4) is 0 Å². The fraction of sp³-hybridized carbons (Fsp3) is 0.0541.